The molecule has 2 rings (SSSR count). The average molecular weight is 263 g/mol. The second-order valence-electron chi connectivity index (χ2n) is 3.73. The Morgan fingerprint density at radius 1 is 1.22 bits per heavy atom. The molecule has 0 amide bonds. The second kappa shape index (κ2) is 5.70. The molecule has 0 aliphatic rings. The lowest BCUT2D eigenvalue weighted by Crippen LogP contribution is -2.07. The van der Waals surface area contributed by atoms with E-state index in [1.54, 1.807) is 12.1 Å². The molecule has 0 bridgehead atoms. The van der Waals surface area contributed by atoms with Gasteiger partial charge in [-0.15, -0.1) is 0 Å². The molecule has 0 saturated heterocycles. The minimum absolute atomic E-state index is 0.476. The summed E-state index contributed by atoms with van der Waals surface area (Å²) in [6.45, 7) is 3.72. The molecule has 0 spiro atoms. The summed E-state index contributed by atoms with van der Waals surface area (Å²) in [7, 11) is 0. The molecule has 0 saturated carbocycles. The molecule has 94 valence electrons. The van der Waals surface area contributed by atoms with Gasteiger partial charge in [0.25, 0.3) is 0 Å². The summed E-state index contributed by atoms with van der Waals surface area (Å²) in [6.07, 6.45) is 1.41. The molecule has 1 N–H and O–H groups in total. The fraction of sp³-hybridized carbons (Fsp3) is 0.167. The molecule has 1 unspecified atom stereocenters. The minimum Gasteiger partial charge on any atom is -0.242 e. The summed E-state index contributed by atoms with van der Waals surface area (Å²) in [5, 5.41) is 0. The number of benzene rings is 1. The van der Waals surface area contributed by atoms with Crippen LogP contribution in [0.4, 0.5) is 5.82 Å². The van der Waals surface area contributed by atoms with Crippen LogP contribution in [0.5, 0.6) is 0 Å². The van der Waals surface area contributed by atoms with Crippen molar-refractivity contribution in [3.8, 4) is 0 Å². The van der Waals surface area contributed by atoms with Crippen LogP contribution in [0.3, 0.4) is 0 Å². The molecule has 1 aromatic heterocycles. The lowest BCUT2D eigenvalue weighted by molar-refractivity contribution is 0.432. The highest BCUT2D eigenvalue weighted by Gasteiger charge is 2.08. The van der Waals surface area contributed by atoms with Gasteiger partial charge in [0, 0.05) is 11.8 Å². The van der Waals surface area contributed by atoms with Gasteiger partial charge in [-0.25, -0.2) is 19.7 Å². The molecule has 6 heteroatoms. The van der Waals surface area contributed by atoms with Crippen molar-refractivity contribution in [2.75, 3.05) is 5.48 Å². The Bertz CT molecular complexity index is 575. The third-order valence-electron chi connectivity index (χ3n) is 2.30. The first-order valence-electron chi connectivity index (χ1n) is 5.36. The number of hydrogen-bond acceptors (Lipinski definition) is 5. The van der Waals surface area contributed by atoms with Crippen LogP contribution in [0.25, 0.3) is 0 Å². The van der Waals surface area contributed by atoms with Crippen LogP contribution in [0.2, 0.25) is 0 Å². The van der Waals surface area contributed by atoms with Crippen molar-refractivity contribution in [1.29, 1.82) is 0 Å². The molecule has 0 radical (unpaired) electrons. The highest BCUT2D eigenvalue weighted by Crippen LogP contribution is 2.13. The summed E-state index contributed by atoms with van der Waals surface area (Å²) in [6, 6.07) is 9.05. The maximum absolute atomic E-state index is 11.9. The van der Waals surface area contributed by atoms with Gasteiger partial charge >= 0.3 is 0 Å². The SMILES string of the molecule is Cc1cc(NOS(=O)c2ccccc2C)ncn1. The number of hydrogen-bond donors (Lipinski definition) is 1. The highest BCUT2D eigenvalue weighted by molar-refractivity contribution is 7.80. The third kappa shape index (κ3) is 3.12. The van der Waals surface area contributed by atoms with Crippen molar-refractivity contribution in [3.63, 3.8) is 0 Å². The van der Waals surface area contributed by atoms with Gasteiger partial charge in [-0.3, -0.25) is 0 Å². The van der Waals surface area contributed by atoms with E-state index in [0.717, 1.165) is 11.3 Å². The monoisotopic (exact) mass is 263 g/mol. The van der Waals surface area contributed by atoms with E-state index in [1.165, 1.54) is 6.33 Å². The van der Waals surface area contributed by atoms with Crippen LogP contribution in [0.1, 0.15) is 11.3 Å². The Morgan fingerprint density at radius 3 is 2.72 bits per heavy atom. The predicted molar refractivity (Wildman–Crippen MR) is 69.1 cm³/mol. The number of rotatable bonds is 4. The number of aryl methyl sites for hydroxylation is 2. The van der Waals surface area contributed by atoms with E-state index >= 15 is 0 Å². The Balaban J connectivity index is 2.03. The first-order valence-corrected chi connectivity index (χ1v) is 6.43. The smallest absolute Gasteiger partial charge is 0.212 e. The van der Waals surface area contributed by atoms with Gasteiger partial charge in [-0.1, -0.05) is 18.2 Å². The van der Waals surface area contributed by atoms with Crippen molar-refractivity contribution in [2.24, 2.45) is 0 Å². The van der Waals surface area contributed by atoms with Gasteiger partial charge in [-0.05, 0) is 25.5 Å². The molecule has 1 aromatic carbocycles. The van der Waals surface area contributed by atoms with Crippen molar-refractivity contribution < 1.29 is 8.49 Å². The molecule has 0 aliphatic heterocycles. The molecule has 5 nitrogen and oxygen atoms in total. The maximum atomic E-state index is 11.9. The van der Waals surface area contributed by atoms with Gasteiger partial charge in [-0.2, -0.15) is 4.28 Å². The van der Waals surface area contributed by atoms with Crippen molar-refractivity contribution >= 4 is 16.9 Å². The summed E-state index contributed by atoms with van der Waals surface area (Å²) >= 11 is -1.57. The summed E-state index contributed by atoms with van der Waals surface area (Å²) in [5.41, 5.74) is 4.28. The van der Waals surface area contributed by atoms with Crippen molar-refractivity contribution in [2.45, 2.75) is 18.7 Å². The fourth-order valence-corrected chi connectivity index (χ4v) is 2.15. The summed E-state index contributed by atoms with van der Waals surface area (Å²) in [4.78, 5) is 8.54. The molecule has 18 heavy (non-hydrogen) atoms. The van der Waals surface area contributed by atoms with Gasteiger partial charge < -0.3 is 0 Å². The Labute approximate surface area is 108 Å². The molecule has 2 aromatic rings. The maximum Gasteiger partial charge on any atom is 0.212 e. The van der Waals surface area contributed by atoms with E-state index in [0.29, 0.717) is 10.7 Å². The molecule has 0 aliphatic carbocycles. The standard InChI is InChI=1S/C12H13N3O2S/c1-9-5-3-4-6-11(9)18(16)17-15-12-7-10(2)13-8-14-12/h3-8H,1-2H3,(H,13,14,15). The topological polar surface area (TPSA) is 64.1 Å². The zero-order valence-electron chi connectivity index (χ0n) is 10.1. The highest BCUT2D eigenvalue weighted by atomic mass is 32.2. The van der Waals surface area contributed by atoms with E-state index in [1.807, 2.05) is 32.0 Å². The molecular formula is C12H13N3O2S. The van der Waals surface area contributed by atoms with Gasteiger partial charge in [0.1, 0.15) is 6.33 Å². The zero-order chi connectivity index (χ0) is 13.0. The van der Waals surface area contributed by atoms with Gasteiger partial charge in [0.05, 0.1) is 4.90 Å². The Morgan fingerprint density at radius 2 is 2.00 bits per heavy atom. The summed E-state index contributed by atoms with van der Waals surface area (Å²) in [5.74, 6) is 0.476. The number of anilines is 1. The Kier molecular flexibility index (Phi) is 4.01. The molecule has 1 atom stereocenters. The minimum atomic E-state index is -1.57. The van der Waals surface area contributed by atoms with Crippen molar-refractivity contribution in [1.82, 2.24) is 9.97 Å². The number of nitrogens with zero attached hydrogens (tertiary/aromatic N) is 2. The number of aromatic nitrogens is 2. The average Bonchev–Trinajstić information content (AvgIpc) is 2.37. The van der Waals surface area contributed by atoms with E-state index in [9.17, 15) is 4.21 Å². The molecular weight excluding hydrogens is 250 g/mol. The zero-order valence-corrected chi connectivity index (χ0v) is 10.9. The molecule has 1 heterocycles. The number of nitrogens with one attached hydrogen (secondary N) is 1. The van der Waals surface area contributed by atoms with Crippen LogP contribution in [0, 0.1) is 13.8 Å². The first-order chi connectivity index (χ1) is 8.66. The van der Waals surface area contributed by atoms with Gasteiger partial charge in [0.15, 0.2) is 5.82 Å². The normalized spacial score (nSPS) is 12.1. The van der Waals surface area contributed by atoms with E-state index in [4.69, 9.17) is 4.28 Å². The lowest BCUT2D eigenvalue weighted by Gasteiger charge is -2.07. The summed E-state index contributed by atoms with van der Waals surface area (Å²) < 4.78 is 17.0. The third-order valence-corrected chi connectivity index (χ3v) is 3.35. The molecule has 0 fully saturated rings. The van der Waals surface area contributed by atoms with Crippen LogP contribution in [-0.2, 0) is 15.4 Å². The second-order valence-corrected chi connectivity index (χ2v) is 4.81. The lowest BCUT2D eigenvalue weighted by atomic mass is 10.2. The van der Waals surface area contributed by atoms with E-state index in [2.05, 4.69) is 15.4 Å². The fourth-order valence-electron chi connectivity index (χ4n) is 1.38. The van der Waals surface area contributed by atoms with Crippen LogP contribution < -0.4 is 5.48 Å². The van der Waals surface area contributed by atoms with Crippen LogP contribution in [0.15, 0.2) is 41.6 Å². The predicted octanol–water partition coefficient (Wildman–Crippen LogP) is 2.16. The quantitative estimate of drug-likeness (QED) is 0.856. The van der Waals surface area contributed by atoms with Crippen LogP contribution in [-0.4, -0.2) is 14.2 Å². The van der Waals surface area contributed by atoms with Crippen LogP contribution >= 0.6 is 0 Å². The first kappa shape index (κ1) is 12.7. The van der Waals surface area contributed by atoms with Gasteiger partial charge in [0.2, 0.25) is 11.1 Å². The van der Waals surface area contributed by atoms with Crippen molar-refractivity contribution in [3.05, 3.63) is 47.9 Å². The van der Waals surface area contributed by atoms with E-state index < -0.39 is 11.1 Å². The van der Waals surface area contributed by atoms with E-state index in [-0.39, 0.29) is 0 Å². The Hall–Kier alpha value is -1.79. The largest absolute Gasteiger partial charge is 0.242 e.